The molecular formula is C24H30BrN5OS. The van der Waals surface area contributed by atoms with E-state index < -0.39 is 0 Å². The number of nitrogens with zero attached hydrogens (tertiary/aromatic N) is 3. The quantitative estimate of drug-likeness (QED) is 0.319. The summed E-state index contributed by atoms with van der Waals surface area (Å²) in [6.07, 6.45) is 8.19. The van der Waals surface area contributed by atoms with Crippen LogP contribution >= 0.6 is 27.9 Å². The van der Waals surface area contributed by atoms with Crippen molar-refractivity contribution in [3.8, 4) is 6.07 Å². The number of H-pyrrole nitrogens is 1. The summed E-state index contributed by atoms with van der Waals surface area (Å²) in [7, 11) is 0. The predicted molar refractivity (Wildman–Crippen MR) is 134 cm³/mol. The number of fused-ring (bicyclic) bond motifs is 1. The Morgan fingerprint density at radius 2 is 2.12 bits per heavy atom. The molecule has 2 aromatic heterocycles. The van der Waals surface area contributed by atoms with Gasteiger partial charge in [-0.3, -0.25) is 9.52 Å². The molecule has 170 valence electrons. The zero-order chi connectivity index (χ0) is 22.9. The second kappa shape index (κ2) is 12.1. The Labute approximate surface area is 202 Å². The average molecular weight is 517 g/mol. The molecule has 1 atom stereocenters. The lowest BCUT2D eigenvalue weighted by atomic mass is 10.00. The fourth-order valence-electron chi connectivity index (χ4n) is 3.60. The van der Waals surface area contributed by atoms with Crippen molar-refractivity contribution in [2.75, 3.05) is 13.1 Å². The molecule has 0 aliphatic carbocycles. The highest BCUT2D eigenvalue weighted by atomic mass is 79.9. The van der Waals surface area contributed by atoms with Crippen LogP contribution in [0.15, 0.2) is 52.1 Å². The number of amides is 1. The van der Waals surface area contributed by atoms with E-state index in [0.717, 1.165) is 48.4 Å². The second-order valence-corrected chi connectivity index (χ2v) is 9.98. The molecule has 32 heavy (non-hydrogen) atoms. The van der Waals surface area contributed by atoms with E-state index in [-0.39, 0.29) is 0 Å². The maximum Gasteiger partial charge on any atom is 0.209 e. The van der Waals surface area contributed by atoms with Crippen LogP contribution in [0, 0.1) is 17.2 Å². The van der Waals surface area contributed by atoms with E-state index in [0.29, 0.717) is 11.7 Å². The molecule has 0 radical (unpaired) electrons. The first-order valence-corrected chi connectivity index (χ1v) is 12.5. The Kier molecular flexibility index (Phi) is 9.27. The fraction of sp³-hybridized carbons (Fsp3) is 0.417. The van der Waals surface area contributed by atoms with Gasteiger partial charge in [0.05, 0.1) is 0 Å². The Morgan fingerprint density at radius 3 is 2.84 bits per heavy atom. The molecule has 0 spiro atoms. The summed E-state index contributed by atoms with van der Waals surface area (Å²) in [5.41, 5.74) is 1.84. The molecule has 1 aliphatic heterocycles. The van der Waals surface area contributed by atoms with Crippen molar-refractivity contribution in [3.05, 3.63) is 52.9 Å². The Morgan fingerprint density at radius 1 is 1.34 bits per heavy atom. The molecule has 0 bridgehead atoms. The molecular weight excluding hydrogens is 486 g/mol. The van der Waals surface area contributed by atoms with Gasteiger partial charge in [-0.05, 0) is 84.2 Å². The Bertz CT molecular complexity index is 1050. The maximum absolute atomic E-state index is 10.2. The number of aromatic amines is 1. The molecule has 6 nitrogen and oxygen atoms in total. The summed E-state index contributed by atoms with van der Waals surface area (Å²) < 4.78 is 6.57. The summed E-state index contributed by atoms with van der Waals surface area (Å²) in [6.45, 7) is 7.16. The van der Waals surface area contributed by atoms with Crippen molar-refractivity contribution in [2.24, 2.45) is 5.92 Å². The van der Waals surface area contributed by atoms with Gasteiger partial charge in [0.25, 0.3) is 0 Å². The molecule has 8 heteroatoms. The Hall–Kier alpha value is -2.21. The minimum Gasteiger partial charge on any atom is -0.360 e. The van der Waals surface area contributed by atoms with Gasteiger partial charge in [0.2, 0.25) is 6.41 Å². The summed E-state index contributed by atoms with van der Waals surface area (Å²) >= 11 is 5.24. The number of aryl methyl sites for hydroxylation is 1. The van der Waals surface area contributed by atoms with E-state index in [4.69, 9.17) is 5.26 Å². The zero-order valence-corrected chi connectivity index (χ0v) is 21.0. The maximum atomic E-state index is 10.2. The van der Waals surface area contributed by atoms with Crippen LogP contribution in [0.5, 0.6) is 0 Å². The third-order valence-electron chi connectivity index (χ3n) is 5.70. The van der Waals surface area contributed by atoms with Crippen LogP contribution in [0.2, 0.25) is 0 Å². The number of halogens is 1. The number of hydrogen-bond acceptors (Lipinski definition) is 4. The van der Waals surface area contributed by atoms with Gasteiger partial charge in [-0.2, -0.15) is 5.26 Å². The van der Waals surface area contributed by atoms with Gasteiger partial charge >= 0.3 is 0 Å². The van der Waals surface area contributed by atoms with E-state index in [2.05, 4.69) is 63.8 Å². The number of nitrogens with one attached hydrogen (secondary N) is 2. The van der Waals surface area contributed by atoms with Crippen LogP contribution in [0.3, 0.4) is 0 Å². The summed E-state index contributed by atoms with van der Waals surface area (Å²) in [4.78, 5) is 16.5. The molecule has 3 heterocycles. The average Bonchev–Trinajstić information content (AvgIpc) is 3.43. The smallest absolute Gasteiger partial charge is 0.209 e. The zero-order valence-electron chi connectivity index (χ0n) is 18.6. The number of hydrogen-bond donors (Lipinski definition) is 2. The van der Waals surface area contributed by atoms with Crippen LogP contribution in [0.4, 0.5) is 0 Å². The van der Waals surface area contributed by atoms with Gasteiger partial charge < -0.3 is 14.5 Å². The fourth-order valence-corrected chi connectivity index (χ4v) is 5.18. The van der Waals surface area contributed by atoms with Crippen molar-refractivity contribution in [2.45, 2.75) is 50.6 Å². The standard InChI is InChI=1S/C17H17BrN4S.C7H13NO/c1-12(7-9-22-8-3-4-13(22)10-19)21-23-16-6-2-5-15-17(16)14(18)11-20-15;1-7-2-4-8(6-9)5-3-7/h2-6,8,11-12,20-21H,7,9H2,1H3;6-7H,2-5H2,1H3. The van der Waals surface area contributed by atoms with Crippen LogP contribution in [-0.2, 0) is 11.3 Å². The molecule has 1 amide bonds. The predicted octanol–water partition coefficient (Wildman–Crippen LogP) is 5.55. The van der Waals surface area contributed by atoms with Crippen molar-refractivity contribution < 1.29 is 4.79 Å². The van der Waals surface area contributed by atoms with E-state index in [1.54, 1.807) is 11.9 Å². The largest absolute Gasteiger partial charge is 0.360 e. The lowest BCUT2D eigenvalue weighted by Gasteiger charge is -2.26. The highest BCUT2D eigenvalue weighted by Crippen LogP contribution is 2.32. The number of carbonyl (C=O) groups excluding carboxylic acids is 1. The lowest BCUT2D eigenvalue weighted by Crippen LogP contribution is -2.31. The monoisotopic (exact) mass is 515 g/mol. The van der Waals surface area contributed by atoms with Crippen molar-refractivity contribution in [1.29, 1.82) is 5.26 Å². The number of piperidine rings is 1. The molecule has 0 saturated carbocycles. The number of benzene rings is 1. The van der Waals surface area contributed by atoms with Crippen molar-refractivity contribution in [3.63, 3.8) is 0 Å². The van der Waals surface area contributed by atoms with E-state index >= 15 is 0 Å². The van der Waals surface area contributed by atoms with Gasteiger partial charge in [0.15, 0.2) is 0 Å². The third-order valence-corrected chi connectivity index (χ3v) is 7.41. The highest BCUT2D eigenvalue weighted by Gasteiger charge is 2.13. The normalized spacial score (nSPS) is 15.1. The highest BCUT2D eigenvalue weighted by molar-refractivity contribution is 9.10. The second-order valence-electron chi connectivity index (χ2n) is 8.25. The van der Waals surface area contributed by atoms with Gasteiger partial charge in [-0.25, -0.2) is 0 Å². The van der Waals surface area contributed by atoms with E-state index in [1.807, 2.05) is 34.0 Å². The molecule has 2 N–H and O–H groups in total. The van der Waals surface area contributed by atoms with Crippen LogP contribution < -0.4 is 4.72 Å². The summed E-state index contributed by atoms with van der Waals surface area (Å²) in [5.74, 6) is 0.821. The van der Waals surface area contributed by atoms with Crippen LogP contribution in [-0.4, -0.2) is 40.0 Å². The number of aromatic nitrogens is 2. The van der Waals surface area contributed by atoms with Crippen LogP contribution in [0.25, 0.3) is 10.9 Å². The molecule has 1 unspecified atom stereocenters. The van der Waals surface area contributed by atoms with Gasteiger partial charge in [0, 0.05) is 58.3 Å². The number of nitriles is 1. The van der Waals surface area contributed by atoms with Gasteiger partial charge in [-0.15, -0.1) is 0 Å². The topological polar surface area (TPSA) is 76.8 Å². The number of rotatable bonds is 7. The molecule has 3 aromatic rings. The first kappa shape index (κ1) is 24.4. The van der Waals surface area contributed by atoms with E-state index in [1.165, 1.54) is 23.1 Å². The molecule has 1 saturated heterocycles. The van der Waals surface area contributed by atoms with Crippen molar-refractivity contribution in [1.82, 2.24) is 19.2 Å². The minimum atomic E-state index is 0.335. The summed E-state index contributed by atoms with van der Waals surface area (Å²) in [6, 6.07) is 12.5. The number of carbonyl (C=O) groups is 1. The molecule has 1 aromatic carbocycles. The molecule has 1 aliphatic rings. The molecule has 4 rings (SSSR count). The first-order valence-electron chi connectivity index (χ1n) is 10.9. The lowest BCUT2D eigenvalue weighted by molar-refractivity contribution is -0.119. The number of likely N-dealkylation sites (tertiary alicyclic amines) is 1. The SMILES string of the molecule is CC(CCn1cccc1C#N)NSc1cccc2[nH]cc(Br)c12.CC1CCN(C=O)CC1. The van der Waals surface area contributed by atoms with Crippen molar-refractivity contribution >= 4 is 45.2 Å². The van der Waals surface area contributed by atoms with Crippen LogP contribution in [0.1, 0.15) is 38.8 Å². The van der Waals surface area contributed by atoms with Gasteiger partial charge in [0.1, 0.15) is 11.8 Å². The Balaban J connectivity index is 0.000000269. The minimum absolute atomic E-state index is 0.335. The summed E-state index contributed by atoms with van der Waals surface area (Å²) in [5, 5.41) is 10.2. The first-order chi connectivity index (χ1) is 15.5. The molecule has 1 fully saturated rings. The third kappa shape index (κ3) is 6.64. The van der Waals surface area contributed by atoms with E-state index in [9.17, 15) is 4.79 Å². The van der Waals surface area contributed by atoms with Gasteiger partial charge in [-0.1, -0.05) is 13.0 Å².